The van der Waals surface area contributed by atoms with Crippen LogP contribution < -0.4 is 34.9 Å². The molecule has 3 radical (unpaired) electrons. The van der Waals surface area contributed by atoms with Crippen molar-refractivity contribution < 1.29 is 149 Å². The molecule has 1 saturated heterocycles. The Kier molecular flexibility index (Phi) is 26.0. The Labute approximate surface area is 658 Å². The van der Waals surface area contributed by atoms with Gasteiger partial charge in [0.05, 0.1) is 55.0 Å². The third-order valence-electron chi connectivity index (χ3n) is 28.5. The molecule has 12 aliphatic carbocycles. The first-order valence-electron chi connectivity index (χ1n) is 36.8. The molecular formula is C79H95BF6N4NaO19. The summed E-state index contributed by atoms with van der Waals surface area (Å²) in [6.45, 7) is 18.2. The zero-order chi connectivity index (χ0) is 80.0. The number of hydrogen-bond acceptors (Lipinski definition) is 23. The number of esters is 2. The number of nitrogens with zero attached hydrogens (tertiary/aromatic N) is 3. The van der Waals surface area contributed by atoms with Crippen molar-refractivity contribution in [2.75, 3.05) is 46.2 Å². The summed E-state index contributed by atoms with van der Waals surface area (Å²) in [7, 11) is 0. The largest absolute Gasteiger partial charge is 1.00 e. The van der Waals surface area contributed by atoms with Crippen LogP contribution >= 0.6 is 0 Å². The first-order valence-corrected chi connectivity index (χ1v) is 36.8. The number of ether oxygens (including phenoxy) is 2. The molecule has 591 valence electrons. The summed E-state index contributed by atoms with van der Waals surface area (Å²) in [4.78, 5) is 123. The number of allylic oxidation sites excluding steroid dienone is 13. The molecular weight excluding hydrogens is 1460 g/mol. The van der Waals surface area contributed by atoms with E-state index >= 15 is 26.3 Å². The van der Waals surface area contributed by atoms with Crippen molar-refractivity contribution >= 4 is 67.2 Å². The van der Waals surface area contributed by atoms with Gasteiger partial charge in [0.2, 0.25) is 0 Å². The first-order chi connectivity index (χ1) is 50.7. The van der Waals surface area contributed by atoms with Crippen LogP contribution in [0.1, 0.15) is 127 Å². The number of alkyl halides is 6. The van der Waals surface area contributed by atoms with Gasteiger partial charge in [-0.3, -0.25) is 43.4 Å². The number of nitrogens with one attached hydrogen (secondary N) is 1. The number of nitriles is 1. The predicted molar refractivity (Wildman–Crippen MR) is 374 cm³/mol. The van der Waals surface area contributed by atoms with Gasteiger partial charge >= 0.3 is 47.5 Å². The normalized spacial score (nSPS) is 44.2. The van der Waals surface area contributed by atoms with Gasteiger partial charge in [0.15, 0.2) is 57.7 Å². The number of carbonyl (C=O) groups excluding carboxylic acids is 9. The Morgan fingerprint density at radius 2 is 1.02 bits per heavy atom. The molecule has 23 nitrogen and oxygen atoms in total. The Bertz CT molecular complexity index is 4060. The minimum absolute atomic E-state index is 0. The number of rotatable bonds is 13. The zero-order valence-corrected chi connectivity index (χ0v) is 65.3. The van der Waals surface area contributed by atoms with Crippen LogP contribution in [0, 0.1) is 114 Å². The summed E-state index contributed by atoms with van der Waals surface area (Å²) in [6, 6.07) is -0.194. The van der Waals surface area contributed by atoms with Crippen molar-refractivity contribution in [3.05, 3.63) is 89.6 Å². The van der Waals surface area contributed by atoms with Crippen LogP contribution in [0.2, 0.25) is 0 Å². The van der Waals surface area contributed by atoms with Gasteiger partial charge in [0, 0.05) is 66.5 Å². The van der Waals surface area contributed by atoms with E-state index in [9.17, 15) is 73.8 Å². The van der Waals surface area contributed by atoms with Crippen molar-refractivity contribution in [3.8, 4) is 6.07 Å². The minimum Gasteiger partial charge on any atom is -0.512 e. The molecule has 27 atom stereocenters. The Morgan fingerprint density at radius 1 is 0.591 bits per heavy atom. The second kappa shape index (κ2) is 32.1. The molecule has 2 aliphatic heterocycles. The third kappa shape index (κ3) is 12.6. The van der Waals surface area contributed by atoms with Crippen LogP contribution in [0.4, 0.5) is 26.3 Å². The summed E-state index contributed by atoms with van der Waals surface area (Å²) >= 11 is 0. The van der Waals surface area contributed by atoms with Gasteiger partial charge in [-0.25, -0.2) is 35.9 Å². The van der Waals surface area contributed by atoms with E-state index in [0.29, 0.717) is 18.6 Å². The van der Waals surface area contributed by atoms with Gasteiger partial charge in [-0.05, 0) is 193 Å². The summed E-state index contributed by atoms with van der Waals surface area (Å²) in [5.41, 5.74) is -16.1. The first kappa shape index (κ1) is 89.1. The quantitative estimate of drug-likeness (QED) is 0.0347. The number of Topliss-reactive ketones (excluding diaryl/α,β-unsaturated/α-hetero) is 3. The second-order valence-corrected chi connectivity index (χ2v) is 32.5. The molecule has 2 heterocycles. The molecule has 14 rings (SSSR count). The number of aliphatic hydroxyl groups is 6. The van der Waals surface area contributed by atoms with E-state index in [-0.39, 0.29) is 144 Å². The van der Waals surface area contributed by atoms with Gasteiger partial charge in [0.25, 0.3) is 0 Å². The molecule has 110 heavy (non-hydrogen) atoms. The average molecular weight is 1550 g/mol. The summed E-state index contributed by atoms with van der Waals surface area (Å²) in [6.07, 6.45) is 4.92. The van der Waals surface area contributed by atoms with E-state index in [1.807, 2.05) is 6.92 Å². The van der Waals surface area contributed by atoms with Crippen LogP contribution in [0.5, 0.6) is 0 Å². The van der Waals surface area contributed by atoms with Gasteiger partial charge in [0.1, 0.15) is 50.8 Å². The van der Waals surface area contributed by atoms with Crippen molar-refractivity contribution in [1.29, 1.82) is 10.5 Å². The van der Waals surface area contributed by atoms with Gasteiger partial charge in [-0.1, -0.05) is 45.1 Å². The number of ketones is 6. The van der Waals surface area contributed by atoms with Gasteiger partial charge in [-0.15, -0.1) is 0 Å². The molecule has 0 bridgehead atoms. The molecule has 7 N–H and O–H groups in total. The molecule has 31 heteroatoms. The molecule has 9 fully saturated rings. The van der Waals surface area contributed by atoms with E-state index in [4.69, 9.17) is 26.6 Å². The summed E-state index contributed by atoms with van der Waals surface area (Å²) < 4.78 is 108. The fourth-order valence-corrected chi connectivity index (χ4v) is 23.8. The fraction of sp³-hybridized carbons (Fsp3) is 0.671. The average Bonchev–Trinajstić information content (AvgIpc) is 1.46. The third-order valence-corrected chi connectivity index (χ3v) is 28.5. The molecule has 0 aromatic heterocycles. The Hall–Kier alpha value is -6.42. The van der Waals surface area contributed by atoms with Gasteiger partial charge in [-0.2, -0.15) is 10.1 Å². The topological polar surface area (TPSA) is 384 Å². The van der Waals surface area contributed by atoms with Crippen molar-refractivity contribution in [1.82, 2.24) is 5.32 Å². The fourth-order valence-electron chi connectivity index (χ4n) is 23.8. The molecule has 2 unspecified atom stereocenters. The van der Waals surface area contributed by atoms with E-state index < -0.39 is 217 Å². The molecule has 14 aliphatic rings. The molecule has 0 amide bonds. The van der Waals surface area contributed by atoms with Crippen LogP contribution in [0.15, 0.2) is 88.0 Å². The number of hydrogen-bond donors (Lipinski definition) is 7. The summed E-state index contributed by atoms with van der Waals surface area (Å²) in [5, 5.41) is 80.3. The standard InChI is InChI=1S/C26H33F2NO6.C26H31F2NO6.C21H24F2O4.C5H7NO3.CN.B.Na/c2*1-4-35-22(34)21-17-8-14-15-9-18(27)16-7-13(31)5-6-23(16,2)26(15,28)19(32)10-24(14,3)25(17,12-29-21)20(33)11-30;1-19-9-18(27)21(23)14(12(19)3-4-13(19)17(26)10-24)8-16(22)15-7-11(25)5-6-20(15,21)2;1-2-8-9-5(7)3-4-6;1-2;;/h5-7,14-15,17-19,21,29-30,32H,4,8-12H2,1-3H3;5-7,12,14-15,17-19,21,30,32H,4,8-11H2,1-3H3;4-7,12,14,16,18,24,27H,3,8-10H2,1-2H3;2-3H2,1H3;;;/q;;;;-1;;+1/t2*14-,15-,17-,18-,19-,21?,23-,24-,25+,26-;12-,14-,16-,18-,19-,20-,21-;;;;/m000..../s1. The molecule has 0 aromatic rings. The monoisotopic (exact) mass is 1550 g/mol. The van der Waals surface area contributed by atoms with Crippen LogP contribution in [-0.2, 0) is 62.4 Å². The van der Waals surface area contributed by atoms with Crippen LogP contribution in [-0.4, -0.2) is 210 Å². The maximum atomic E-state index is 17.3. The number of aliphatic imine (C=N–C) groups is 1. The minimum atomic E-state index is -2.29. The van der Waals surface area contributed by atoms with E-state index in [1.54, 1.807) is 53.7 Å². The smallest absolute Gasteiger partial charge is 0.512 e. The zero-order valence-electron chi connectivity index (χ0n) is 63.3. The second-order valence-electron chi connectivity index (χ2n) is 32.5. The van der Waals surface area contributed by atoms with Crippen molar-refractivity contribution in [2.24, 2.45) is 95.7 Å². The molecule has 0 aromatic carbocycles. The predicted octanol–water partition coefficient (Wildman–Crippen LogP) is 3.23. The maximum absolute atomic E-state index is 17.3. The Morgan fingerprint density at radius 3 is 1.45 bits per heavy atom. The number of aliphatic hydroxyl groups excluding tert-OH is 6. The van der Waals surface area contributed by atoms with Crippen LogP contribution in [0.3, 0.4) is 0 Å². The van der Waals surface area contributed by atoms with E-state index in [0.717, 1.165) is 18.2 Å². The van der Waals surface area contributed by atoms with Crippen molar-refractivity contribution in [3.63, 3.8) is 0 Å². The Balaban J connectivity index is 0.000000194. The summed E-state index contributed by atoms with van der Waals surface area (Å²) in [5.74, 6) is -9.92. The number of halogens is 6. The number of carbonyl (C=O) groups is 9. The van der Waals surface area contributed by atoms with Crippen LogP contribution in [0.25, 0.3) is 0 Å². The molecule has 0 spiro atoms. The van der Waals surface area contributed by atoms with Crippen molar-refractivity contribution in [2.45, 2.75) is 192 Å². The van der Waals surface area contributed by atoms with E-state index in [2.05, 4.69) is 20.1 Å². The SMILES string of the molecule is CCOC(=O)C1N=C[C@]2(C(=O)CO)[C@H]1C[C@H]1[C@@H]3C[C@H](F)C4=CC(=O)C=C[C@]4(C)[C@@]3(F)[C@@H](O)C[C@@]12C.CCOC(=O)C1NC[C@]2(C(=O)CO)[C@H]1C[C@H]1[C@@H]3C[C@H](F)C4=CC(=O)C=C[C@]4(C)[C@@]3(F)[C@@H](O)C[C@@]12C.CCOOC(=O)CC#N.C[C@]12C=CC(=O)C=C1[C@@H](F)C[C@H]1[C@@H]3CC=C(C(=O)CO)[C@@]3(C)C[C@H](O)[C@@]12F.[B].[C-]#N.[Na+]. The maximum Gasteiger partial charge on any atom is 1.00 e. The number of fused-ring (bicyclic) bond motifs is 19. The van der Waals surface area contributed by atoms with E-state index in [1.165, 1.54) is 56.5 Å². The molecule has 8 saturated carbocycles. The van der Waals surface area contributed by atoms with Gasteiger partial charge < -0.3 is 57.3 Å².